The molecule has 0 bridgehead atoms. The summed E-state index contributed by atoms with van der Waals surface area (Å²) in [6.45, 7) is 7.32. The van der Waals surface area contributed by atoms with E-state index in [9.17, 15) is 4.55 Å². The summed E-state index contributed by atoms with van der Waals surface area (Å²) < 4.78 is 24.7. The van der Waals surface area contributed by atoms with Crippen LogP contribution < -0.4 is 4.74 Å². The molecule has 4 aromatic rings. The van der Waals surface area contributed by atoms with Crippen LogP contribution in [0.1, 0.15) is 22.8 Å². The highest BCUT2D eigenvalue weighted by Gasteiger charge is 2.21. The van der Waals surface area contributed by atoms with Crippen LogP contribution in [-0.4, -0.2) is 67.4 Å². The topological polar surface area (TPSA) is 92.3 Å². The van der Waals surface area contributed by atoms with Crippen molar-refractivity contribution >= 4 is 22.3 Å². The van der Waals surface area contributed by atoms with Gasteiger partial charge in [-0.15, -0.1) is 0 Å². The lowest BCUT2D eigenvalue weighted by Crippen LogP contribution is -2.41. The SMILES string of the molecule is COc1ccc(CCc2nc3cc(-c4c(C)noc4C)cnc3n2CCN2CC[S+]([O-])CC2)cc1. The molecule has 0 amide bonds. The maximum Gasteiger partial charge on any atom is 0.160 e. The first-order valence-electron chi connectivity index (χ1n) is 12.0. The second kappa shape index (κ2) is 10.4. The molecule has 0 radical (unpaired) electrons. The Hall–Kier alpha value is -2.88. The van der Waals surface area contributed by atoms with Crippen molar-refractivity contribution in [3.63, 3.8) is 0 Å². The van der Waals surface area contributed by atoms with Gasteiger partial charge in [0.25, 0.3) is 0 Å². The fourth-order valence-electron chi connectivity index (χ4n) is 4.70. The Morgan fingerprint density at radius 1 is 1.09 bits per heavy atom. The average Bonchev–Trinajstić information content (AvgIpc) is 3.40. The molecule has 5 rings (SSSR count). The Kier molecular flexibility index (Phi) is 7.08. The Labute approximate surface area is 208 Å². The lowest BCUT2D eigenvalue weighted by Gasteiger charge is -2.28. The average molecular weight is 494 g/mol. The minimum absolute atomic E-state index is 0.671. The molecule has 0 unspecified atom stereocenters. The quantitative estimate of drug-likeness (QED) is 0.347. The zero-order chi connectivity index (χ0) is 24.4. The maximum atomic E-state index is 11.7. The Morgan fingerprint density at radius 2 is 1.86 bits per heavy atom. The third-order valence-electron chi connectivity index (χ3n) is 6.69. The van der Waals surface area contributed by atoms with E-state index in [1.165, 1.54) is 5.56 Å². The van der Waals surface area contributed by atoms with Crippen molar-refractivity contribution < 1.29 is 13.8 Å². The van der Waals surface area contributed by atoms with Gasteiger partial charge in [0.05, 0.1) is 12.8 Å². The van der Waals surface area contributed by atoms with E-state index in [1.54, 1.807) is 7.11 Å². The van der Waals surface area contributed by atoms with Gasteiger partial charge in [0, 0.05) is 49.9 Å². The van der Waals surface area contributed by atoms with Crippen LogP contribution in [0.25, 0.3) is 22.3 Å². The number of fused-ring (bicyclic) bond motifs is 1. The summed E-state index contributed by atoms with van der Waals surface area (Å²) >= 11 is -0.671. The zero-order valence-corrected chi connectivity index (χ0v) is 21.3. The van der Waals surface area contributed by atoms with Crippen LogP contribution in [0.5, 0.6) is 5.75 Å². The van der Waals surface area contributed by atoms with Crippen LogP contribution in [0.3, 0.4) is 0 Å². The van der Waals surface area contributed by atoms with Crippen molar-refractivity contribution in [3.05, 3.63) is 59.4 Å². The number of hydrogen-bond acceptors (Lipinski definition) is 7. The number of imidazole rings is 1. The third kappa shape index (κ3) is 5.22. The number of pyridine rings is 1. The summed E-state index contributed by atoms with van der Waals surface area (Å²) in [5, 5.41) is 4.09. The predicted octanol–water partition coefficient (Wildman–Crippen LogP) is 3.56. The highest BCUT2D eigenvalue weighted by molar-refractivity contribution is 7.91. The summed E-state index contributed by atoms with van der Waals surface area (Å²) in [5.74, 6) is 4.19. The van der Waals surface area contributed by atoms with E-state index >= 15 is 0 Å². The van der Waals surface area contributed by atoms with Crippen molar-refractivity contribution in [1.82, 2.24) is 24.6 Å². The van der Waals surface area contributed by atoms with Crippen LogP contribution in [0.2, 0.25) is 0 Å². The molecular formula is C26H31N5O3S. The zero-order valence-electron chi connectivity index (χ0n) is 20.5. The van der Waals surface area contributed by atoms with Crippen molar-refractivity contribution in [2.45, 2.75) is 33.2 Å². The standard InChI is InChI=1S/C26H31N5O3S/c1-18-25(19(2)34-29-18)21-16-23-26(27-17-21)31(11-10-30-12-14-35(32)15-13-30)24(28-23)9-6-20-4-7-22(33-3)8-5-20/h4-5,7-8,16-17H,6,9-15H2,1-3H3. The Balaban J connectivity index is 1.43. The fourth-order valence-corrected chi connectivity index (χ4v) is 5.83. The molecule has 8 nitrogen and oxygen atoms in total. The molecule has 184 valence electrons. The van der Waals surface area contributed by atoms with E-state index in [4.69, 9.17) is 19.2 Å². The van der Waals surface area contributed by atoms with E-state index in [0.717, 1.165) is 95.8 Å². The molecule has 3 aromatic heterocycles. The van der Waals surface area contributed by atoms with Gasteiger partial charge in [0.15, 0.2) is 5.65 Å². The van der Waals surface area contributed by atoms with Crippen molar-refractivity contribution in [3.8, 4) is 16.9 Å². The van der Waals surface area contributed by atoms with Crippen molar-refractivity contribution in [2.24, 2.45) is 0 Å². The molecule has 4 heterocycles. The Morgan fingerprint density at radius 3 is 2.54 bits per heavy atom. The highest BCUT2D eigenvalue weighted by atomic mass is 32.2. The normalized spacial score (nSPS) is 15.2. The summed E-state index contributed by atoms with van der Waals surface area (Å²) in [5.41, 5.74) is 5.82. The predicted molar refractivity (Wildman–Crippen MR) is 137 cm³/mol. The van der Waals surface area contributed by atoms with Crippen molar-refractivity contribution in [2.75, 3.05) is 38.2 Å². The number of nitrogens with zero attached hydrogens (tertiary/aromatic N) is 5. The number of rotatable bonds is 8. The largest absolute Gasteiger partial charge is 0.616 e. The van der Waals surface area contributed by atoms with Gasteiger partial charge < -0.3 is 18.4 Å². The number of ether oxygens (including phenoxy) is 1. The maximum absolute atomic E-state index is 11.7. The van der Waals surface area contributed by atoms with Gasteiger partial charge in [-0.1, -0.05) is 28.5 Å². The lowest BCUT2D eigenvalue weighted by molar-refractivity contribution is 0.283. The molecule has 1 aromatic carbocycles. The minimum Gasteiger partial charge on any atom is -0.616 e. The van der Waals surface area contributed by atoms with E-state index in [1.807, 2.05) is 32.2 Å². The summed E-state index contributed by atoms with van der Waals surface area (Å²) in [6.07, 6.45) is 3.59. The molecule has 9 heteroatoms. The van der Waals surface area contributed by atoms with Crippen LogP contribution in [0.15, 0.2) is 41.1 Å². The first kappa shape index (κ1) is 23.8. The molecule has 0 spiro atoms. The molecule has 0 N–H and O–H groups in total. The molecule has 1 aliphatic heterocycles. The van der Waals surface area contributed by atoms with Gasteiger partial charge >= 0.3 is 0 Å². The van der Waals surface area contributed by atoms with E-state index < -0.39 is 11.2 Å². The summed E-state index contributed by atoms with van der Waals surface area (Å²) in [7, 11) is 1.68. The molecule has 1 aliphatic rings. The van der Waals surface area contributed by atoms with E-state index in [2.05, 4.69) is 32.8 Å². The number of aromatic nitrogens is 4. The molecule has 35 heavy (non-hydrogen) atoms. The number of methoxy groups -OCH3 is 1. The Bertz CT molecular complexity index is 1270. The number of hydrogen-bond donors (Lipinski definition) is 0. The second-order valence-corrected chi connectivity index (χ2v) is 10.7. The number of benzene rings is 1. The highest BCUT2D eigenvalue weighted by Crippen LogP contribution is 2.29. The first-order valence-corrected chi connectivity index (χ1v) is 13.5. The first-order chi connectivity index (χ1) is 17.0. The fraction of sp³-hybridized carbons (Fsp3) is 0.423. The van der Waals surface area contributed by atoms with Gasteiger partial charge in [-0.25, -0.2) is 9.97 Å². The molecule has 0 saturated carbocycles. The molecular weight excluding hydrogens is 462 g/mol. The van der Waals surface area contributed by atoms with E-state index in [0.29, 0.717) is 0 Å². The van der Waals surface area contributed by atoms with E-state index in [-0.39, 0.29) is 0 Å². The van der Waals surface area contributed by atoms with Gasteiger partial charge in [0.1, 0.15) is 34.4 Å². The summed E-state index contributed by atoms with van der Waals surface area (Å²) in [4.78, 5) is 12.3. The van der Waals surface area contributed by atoms with Gasteiger partial charge in [-0.2, -0.15) is 0 Å². The van der Waals surface area contributed by atoms with Gasteiger partial charge in [0.2, 0.25) is 0 Å². The van der Waals surface area contributed by atoms with Gasteiger partial charge in [-0.3, -0.25) is 4.90 Å². The smallest absolute Gasteiger partial charge is 0.160 e. The van der Waals surface area contributed by atoms with Gasteiger partial charge in [-0.05, 0) is 44.0 Å². The third-order valence-corrected chi connectivity index (χ3v) is 7.97. The second-order valence-electron chi connectivity index (χ2n) is 8.98. The van der Waals surface area contributed by atoms with Crippen LogP contribution >= 0.6 is 0 Å². The molecule has 1 fully saturated rings. The lowest BCUT2D eigenvalue weighted by atomic mass is 10.1. The van der Waals surface area contributed by atoms with Crippen LogP contribution in [0, 0.1) is 13.8 Å². The van der Waals surface area contributed by atoms with Crippen molar-refractivity contribution in [1.29, 1.82) is 0 Å². The molecule has 0 atom stereocenters. The molecule has 0 aliphatic carbocycles. The number of aryl methyl sites for hydroxylation is 4. The monoisotopic (exact) mass is 493 g/mol. The molecule has 1 saturated heterocycles. The van der Waals surface area contributed by atoms with Crippen LogP contribution in [-0.2, 0) is 30.6 Å². The summed E-state index contributed by atoms with van der Waals surface area (Å²) in [6, 6.07) is 10.3. The minimum atomic E-state index is -0.671. The van der Waals surface area contributed by atoms with Crippen LogP contribution in [0.4, 0.5) is 0 Å².